The van der Waals surface area contributed by atoms with Crippen molar-refractivity contribution in [2.75, 3.05) is 18.0 Å². The van der Waals surface area contributed by atoms with Crippen molar-refractivity contribution >= 4 is 17.5 Å². The molecule has 0 bridgehead atoms. The number of anilines is 1. The molecule has 6 rings (SSSR count). The summed E-state index contributed by atoms with van der Waals surface area (Å²) in [5, 5.41) is 19.4. The van der Waals surface area contributed by atoms with Crippen molar-refractivity contribution in [1.82, 2.24) is 29.6 Å². The topological polar surface area (TPSA) is 86.8 Å². The first-order chi connectivity index (χ1) is 15.5. The average molecular weight is 447 g/mol. The van der Waals surface area contributed by atoms with Gasteiger partial charge in [-0.25, -0.2) is 9.97 Å². The second kappa shape index (κ2) is 7.26. The number of benzene rings is 1. The summed E-state index contributed by atoms with van der Waals surface area (Å²) in [6, 6.07) is 9.96. The van der Waals surface area contributed by atoms with Crippen LogP contribution in [0, 0.1) is 16.7 Å². The maximum Gasteiger partial charge on any atom is 0.225 e. The third kappa shape index (κ3) is 3.07. The highest BCUT2D eigenvalue weighted by Gasteiger charge is 2.54. The molecule has 1 aliphatic carbocycles. The normalized spacial score (nSPS) is 20.5. The van der Waals surface area contributed by atoms with Crippen LogP contribution in [0.25, 0.3) is 5.69 Å². The van der Waals surface area contributed by atoms with Crippen LogP contribution in [0.1, 0.15) is 42.9 Å². The minimum atomic E-state index is -0.221. The van der Waals surface area contributed by atoms with Crippen LogP contribution < -0.4 is 4.90 Å². The summed E-state index contributed by atoms with van der Waals surface area (Å²) < 4.78 is 2.21. The number of aromatic nitrogens is 5. The van der Waals surface area contributed by atoms with E-state index < -0.39 is 0 Å². The number of rotatable bonds is 3. The summed E-state index contributed by atoms with van der Waals surface area (Å²) in [4.78, 5) is 13.1. The van der Waals surface area contributed by atoms with Crippen LogP contribution >= 0.6 is 11.6 Å². The molecule has 0 N–H and O–H groups in total. The Morgan fingerprint density at radius 1 is 1.16 bits per heavy atom. The van der Waals surface area contributed by atoms with Crippen molar-refractivity contribution in [2.45, 2.75) is 44.8 Å². The van der Waals surface area contributed by atoms with E-state index in [1.807, 2.05) is 25.1 Å². The molecule has 2 aliphatic heterocycles. The molecule has 0 amide bonds. The Morgan fingerprint density at radius 2 is 1.94 bits per heavy atom. The van der Waals surface area contributed by atoms with Gasteiger partial charge in [0.15, 0.2) is 5.82 Å². The number of halogens is 1. The van der Waals surface area contributed by atoms with Gasteiger partial charge in [-0.15, -0.1) is 10.2 Å². The summed E-state index contributed by atoms with van der Waals surface area (Å²) in [7, 11) is 0. The van der Waals surface area contributed by atoms with Crippen molar-refractivity contribution in [3.8, 4) is 11.8 Å². The van der Waals surface area contributed by atoms with E-state index in [-0.39, 0.29) is 6.04 Å². The van der Waals surface area contributed by atoms with E-state index in [9.17, 15) is 5.26 Å². The van der Waals surface area contributed by atoms with Gasteiger partial charge in [-0.3, -0.25) is 9.47 Å². The van der Waals surface area contributed by atoms with Crippen LogP contribution in [0.5, 0.6) is 0 Å². The lowest BCUT2D eigenvalue weighted by Gasteiger charge is -2.58. The van der Waals surface area contributed by atoms with Crippen LogP contribution in [-0.2, 0) is 13.1 Å². The van der Waals surface area contributed by atoms with Gasteiger partial charge in [-0.05, 0) is 49.6 Å². The molecular formula is C23H23ClN8. The van der Waals surface area contributed by atoms with E-state index in [2.05, 4.69) is 46.7 Å². The summed E-state index contributed by atoms with van der Waals surface area (Å²) in [6.45, 7) is 5.16. The lowest BCUT2D eigenvalue weighted by atomic mass is 9.57. The maximum atomic E-state index is 9.49. The monoisotopic (exact) mass is 446 g/mol. The highest BCUT2D eigenvalue weighted by molar-refractivity contribution is 6.30. The van der Waals surface area contributed by atoms with Crippen molar-refractivity contribution in [1.29, 1.82) is 5.26 Å². The molecule has 2 aromatic heterocycles. The second-order valence-electron chi connectivity index (χ2n) is 9.30. The van der Waals surface area contributed by atoms with Gasteiger partial charge in [0.25, 0.3) is 0 Å². The van der Waals surface area contributed by atoms with E-state index in [4.69, 9.17) is 11.6 Å². The van der Waals surface area contributed by atoms with Gasteiger partial charge in [0, 0.05) is 48.4 Å². The molecule has 9 heteroatoms. The molecule has 32 heavy (non-hydrogen) atoms. The predicted molar refractivity (Wildman–Crippen MR) is 119 cm³/mol. The molecule has 3 aromatic rings. The first-order valence-electron chi connectivity index (χ1n) is 10.9. The number of hydrogen-bond acceptors (Lipinski definition) is 7. The molecule has 0 radical (unpaired) electrons. The molecule has 1 spiro atoms. The first kappa shape index (κ1) is 19.6. The molecule has 1 saturated heterocycles. The standard InChI is InChI=1S/C23H23ClN8/c1-15(10-25)30-11-16-7-18(24)3-4-19(16)32-20(12-30)28-29-21(32)17-8-23(9-17)13-31(14-23)22-26-5-2-6-27-22/h2-7,15,17H,8-9,11-14H2,1H3. The molecule has 8 nitrogen and oxygen atoms in total. The zero-order chi connectivity index (χ0) is 21.9. The predicted octanol–water partition coefficient (Wildman–Crippen LogP) is 3.32. The van der Waals surface area contributed by atoms with E-state index in [1.165, 1.54) is 0 Å². The van der Waals surface area contributed by atoms with Gasteiger partial charge in [-0.2, -0.15) is 5.26 Å². The Balaban J connectivity index is 1.27. The lowest BCUT2D eigenvalue weighted by molar-refractivity contribution is 0.0574. The fraction of sp³-hybridized carbons (Fsp3) is 0.435. The number of nitriles is 1. The molecule has 3 aliphatic rings. The third-order valence-corrected chi connectivity index (χ3v) is 7.34. The fourth-order valence-electron chi connectivity index (χ4n) is 5.46. The van der Waals surface area contributed by atoms with Gasteiger partial charge in [0.1, 0.15) is 5.82 Å². The van der Waals surface area contributed by atoms with Gasteiger partial charge in [-0.1, -0.05) is 11.6 Å². The van der Waals surface area contributed by atoms with Gasteiger partial charge in [0.05, 0.1) is 24.3 Å². The summed E-state index contributed by atoms with van der Waals surface area (Å²) >= 11 is 6.32. The molecule has 1 atom stereocenters. The molecular weight excluding hydrogens is 424 g/mol. The second-order valence-corrected chi connectivity index (χ2v) is 9.74. The Bertz CT molecular complexity index is 1200. The SMILES string of the molecule is CC(C#N)N1Cc2cc(Cl)ccc2-n2c(nnc2C2CC3(C2)CN(c2ncccn2)C3)C1. The van der Waals surface area contributed by atoms with Crippen molar-refractivity contribution in [2.24, 2.45) is 5.41 Å². The van der Waals surface area contributed by atoms with Crippen LogP contribution in [0.3, 0.4) is 0 Å². The quantitative estimate of drug-likeness (QED) is 0.609. The molecule has 1 saturated carbocycles. The molecule has 1 unspecified atom stereocenters. The van der Waals surface area contributed by atoms with Crippen molar-refractivity contribution in [3.05, 3.63) is 58.9 Å². The summed E-state index contributed by atoms with van der Waals surface area (Å²) in [5.74, 6) is 3.10. The zero-order valence-corrected chi connectivity index (χ0v) is 18.6. The smallest absolute Gasteiger partial charge is 0.225 e. The van der Waals surface area contributed by atoms with Crippen LogP contribution in [0.4, 0.5) is 5.95 Å². The Kier molecular flexibility index (Phi) is 4.46. The Labute approximate surface area is 191 Å². The first-order valence-corrected chi connectivity index (χ1v) is 11.3. The minimum absolute atomic E-state index is 0.221. The van der Waals surface area contributed by atoms with Gasteiger partial charge >= 0.3 is 0 Å². The molecule has 2 fully saturated rings. The van der Waals surface area contributed by atoms with Crippen LogP contribution in [0.2, 0.25) is 5.02 Å². The highest BCUT2D eigenvalue weighted by atomic mass is 35.5. The number of hydrogen-bond donors (Lipinski definition) is 0. The van der Waals surface area contributed by atoms with Crippen molar-refractivity contribution < 1.29 is 0 Å². The lowest BCUT2D eigenvalue weighted by Crippen LogP contribution is -2.62. The zero-order valence-electron chi connectivity index (χ0n) is 17.8. The number of nitrogens with zero attached hydrogens (tertiary/aromatic N) is 8. The van der Waals surface area contributed by atoms with Gasteiger partial charge < -0.3 is 4.90 Å². The Hall–Kier alpha value is -3.02. The fourth-order valence-corrected chi connectivity index (χ4v) is 5.65. The summed E-state index contributed by atoms with van der Waals surface area (Å²) in [6.07, 6.45) is 5.77. The summed E-state index contributed by atoms with van der Waals surface area (Å²) in [5.41, 5.74) is 2.50. The average Bonchev–Trinajstić information content (AvgIpc) is 3.07. The maximum absolute atomic E-state index is 9.49. The van der Waals surface area contributed by atoms with E-state index in [1.54, 1.807) is 12.4 Å². The van der Waals surface area contributed by atoms with E-state index in [0.29, 0.717) is 29.4 Å². The molecule has 1 aromatic carbocycles. The van der Waals surface area contributed by atoms with E-state index >= 15 is 0 Å². The minimum Gasteiger partial charge on any atom is -0.340 e. The number of fused-ring (bicyclic) bond motifs is 3. The highest BCUT2D eigenvalue weighted by Crippen LogP contribution is 2.56. The molecule has 162 valence electrons. The largest absolute Gasteiger partial charge is 0.340 e. The Morgan fingerprint density at radius 3 is 2.69 bits per heavy atom. The van der Waals surface area contributed by atoms with Crippen LogP contribution in [-0.4, -0.2) is 48.8 Å². The van der Waals surface area contributed by atoms with Crippen LogP contribution in [0.15, 0.2) is 36.7 Å². The van der Waals surface area contributed by atoms with Gasteiger partial charge in [0.2, 0.25) is 5.95 Å². The molecule has 4 heterocycles. The van der Waals surface area contributed by atoms with Crippen molar-refractivity contribution in [3.63, 3.8) is 0 Å². The third-order valence-electron chi connectivity index (χ3n) is 7.10. The van der Waals surface area contributed by atoms with E-state index in [0.717, 1.165) is 54.8 Å².